The number of allylic oxidation sites excluding steroid dienone is 2. The van der Waals surface area contributed by atoms with Crippen molar-refractivity contribution in [2.24, 2.45) is 5.92 Å². The first-order chi connectivity index (χ1) is 11.6. The Labute approximate surface area is 147 Å². The third-order valence-corrected chi connectivity index (χ3v) is 5.41. The topological polar surface area (TPSA) is 6.48 Å². The fraction of sp³-hybridized carbons (Fsp3) is 0.455. The SMILES string of the molecule is C=CCC1C(=C)N(CCCc2ccc(C)cc2)C2=C1CN(C)CC2. The maximum atomic E-state index is 4.44. The minimum Gasteiger partial charge on any atom is -0.348 e. The molecule has 0 amide bonds. The fourth-order valence-corrected chi connectivity index (χ4v) is 4.02. The first-order valence-electron chi connectivity index (χ1n) is 9.13. The Morgan fingerprint density at radius 2 is 2.00 bits per heavy atom. The van der Waals surface area contributed by atoms with Gasteiger partial charge in [0.05, 0.1) is 0 Å². The van der Waals surface area contributed by atoms with Crippen molar-refractivity contribution in [2.75, 3.05) is 26.7 Å². The molecule has 0 saturated heterocycles. The van der Waals surface area contributed by atoms with Gasteiger partial charge in [-0.25, -0.2) is 0 Å². The van der Waals surface area contributed by atoms with Crippen LogP contribution in [0.1, 0.15) is 30.4 Å². The molecule has 1 unspecified atom stereocenters. The van der Waals surface area contributed by atoms with E-state index in [2.05, 4.69) is 61.2 Å². The van der Waals surface area contributed by atoms with E-state index >= 15 is 0 Å². The molecule has 2 aliphatic rings. The van der Waals surface area contributed by atoms with E-state index in [1.807, 2.05) is 6.08 Å². The standard InChI is InChI=1S/C22H30N2/c1-5-7-20-18(3)24(22-13-15-23(4)16-21(20)22)14-6-8-19-11-9-17(2)10-12-19/h5,9-12,20H,1,3,6-8,13-16H2,2,4H3. The number of aryl methyl sites for hydroxylation is 2. The van der Waals surface area contributed by atoms with Gasteiger partial charge in [-0.2, -0.15) is 0 Å². The van der Waals surface area contributed by atoms with Crippen LogP contribution < -0.4 is 0 Å². The van der Waals surface area contributed by atoms with Crippen molar-refractivity contribution >= 4 is 0 Å². The third kappa shape index (κ3) is 3.49. The molecule has 1 aromatic carbocycles. The summed E-state index contributed by atoms with van der Waals surface area (Å²) in [5.41, 5.74) is 7.20. The molecule has 0 spiro atoms. The maximum Gasteiger partial charge on any atom is 0.0263 e. The summed E-state index contributed by atoms with van der Waals surface area (Å²) in [6.07, 6.45) is 6.53. The van der Waals surface area contributed by atoms with Gasteiger partial charge in [0.1, 0.15) is 0 Å². The van der Waals surface area contributed by atoms with E-state index in [-0.39, 0.29) is 0 Å². The molecule has 24 heavy (non-hydrogen) atoms. The Hall–Kier alpha value is -1.80. The summed E-state index contributed by atoms with van der Waals surface area (Å²) in [7, 11) is 2.22. The van der Waals surface area contributed by atoms with Crippen LogP contribution in [0.4, 0.5) is 0 Å². The van der Waals surface area contributed by atoms with Gasteiger partial charge in [-0.1, -0.05) is 42.5 Å². The highest BCUT2D eigenvalue weighted by atomic mass is 15.2. The van der Waals surface area contributed by atoms with E-state index in [0.717, 1.165) is 38.9 Å². The molecule has 2 nitrogen and oxygen atoms in total. The minimum absolute atomic E-state index is 0.472. The summed E-state index contributed by atoms with van der Waals surface area (Å²) >= 11 is 0. The zero-order chi connectivity index (χ0) is 17.1. The molecule has 1 aromatic rings. The summed E-state index contributed by atoms with van der Waals surface area (Å²) < 4.78 is 0. The normalized spacial score (nSPS) is 21.3. The van der Waals surface area contributed by atoms with E-state index in [0.29, 0.717) is 5.92 Å². The van der Waals surface area contributed by atoms with Gasteiger partial charge in [0.2, 0.25) is 0 Å². The molecule has 0 bridgehead atoms. The highest BCUT2D eigenvalue weighted by molar-refractivity contribution is 5.37. The van der Waals surface area contributed by atoms with Gasteiger partial charge < -0.3 is 9.80 Å². The molecular weight excluding hydrogens is 292 g/mol. The lowest BCUT2D eigenvalue weighted by atomic mass is 9.92. The van der Waals surface area contributed by atoms with Crippen LogP contribution in [0.2, 0.25) is 0 Å². The second-order valence-electron chi connectivity index (χ2n) is 7.27. The highest BCUT2D eigenvalue weighted by Gasteiger charge is 2.35. The average molecular weight is 322 g/mol. The Bertz CT molecular complexity index is 638. The molecule has 0 radical (unpaired) electrons. The molecule has 3 rings (SSSR count). The van der Waals surface area contributed by atoms with Crippen molar-refractivity contribution in [3.63, 3.8) is 0 Å². The predicted octanol–water partition coefficient (Wildman–Crippen LogP) is 4.54. The van der Waals surface area contributed by atoms with Crippen molar-refractivity contribution in [1.29, 1.82) is 0 Å². The molecule has 0 saturated carbocycles. The average Bonchev–Trinajstić information content (AvgIpc) is 2.82. The van der Waals surface area contributed by atoms with Gasteiger partial charge in [0.25, 0.3) is 0 Å². The zero-order valence-corrected chi connectivity index (χ0v) is 15.2. The molecular formula is C22H30N2. The molecule has 0 aromatic heterocycles. The van der Waals surface area contributed by atoms with Crippen LogP contribution in [0, 0.1) is 12.8 Å². The molecule has 2 heterocycles. The number of hydrogen-bond acceptors (Lipinski definition) is 2. The monoisotopic (exact) mass is 322 g/mol. The number of rotatable bonds is 6. The summed E-state index contributed by atoms with van der Waals surface area (Å²) in [6, 6.07) is 8.94. The van der Waals surface area contributed by atoms with Crippen LogP contribution in [0.5, 0.6) is 0 Å². The predicted molar refractivity (Wildman–Crippen MR) is 103 cm³/mol. The Morgan fingerprint density at radius 1 is 1.25 bits per heavy atom. The number of likely N-dealkylation sites (N-methyl/N-ethyl adjacent to an activating group) is 1. The largest absolute Gasteiger partial charge is 0.348 e. The van der Waals surface area contributed by atoms with E-state index in [9.17, 15) is 0 Å². The third-order valence-electron chi connectivity index (χ3n) is 5.41. The molecule has 1 atom stereocenters. The minimum atomic E-state index is 0.472. The summed E-state index contributed by atoms with van der Waals surface area (Å²) in [5.74, 6) is 0.472. The zero-order valence-electron chi connectivity index (χ0n) is 15.2. The van der Waals surface area contributed by atoms with Crippen LogP contribution >= 0.6 is 0 Å². The highest BCUT2D eigenvalue weighted by Crippen LogP contribution is 2.42. The fourth-order valence-electron chi connectivity index (χ4n) is 4.02. The molecule has 2 heteroatoms. The van der Waals surface area contributed by atoms with Crippen molar-refractivity contribution < 1.29 is 0 Å². The van der Waals surface area contributed by atoms with Crippen molar-refractivity contribution in [1.82, 2.24) is 9.80 Å². The number of nitrogens with zero attached hydrogens (tertiary/aromatic N) is 2. The van der Waals surface area contributed by atoms with Gasteiger partial charge in [0, 0.05) is 43.4 Å². The van der Waals surface area contributed by atoms with E-state index in [4.69, 9.17) is 0 Å². The van der Waals surface area contributed by atoms with Crippen molar-refractivity contribution in [3.05, 3.63) is 71.6 Å². The second-order valence-corrected chi connectivity index (χ2v) is 7.27. The Kier molecular flexibility index (Phi) is 5.25. The van der Waals surface area contributed by atoms with Crippen LogP contribution in [-0.2, 0) is 6.42 Å². The van der Waals surface area contributed by atoms with Gasteiger partial charge in [-0.05, 0) is 44.4 Å². The van der Waals surface area contributed by atoms with Gasteiger partial charge in [0.15, 0.2) is 0 Å². The lowest BCUT2D eigenvalue weighted by molar-refractivity contribution is 0.320. The van der Waals surface area contributed by atoms with Crippen LogP contribution in [0.3, 0.4) is 0 Å². The van der Waals surface area contributed by atoms with Crippen LogP contribution in [0.15, 0.2) is 60.5 Å². The van der Waals surface area contributed by atoms with E-state index in [1.54, 1.807) is 11.3 Å². The van der Waals surface area contributed by atoms with Crippen molar-refractivity contribution in [3.8, 4) is 0 Å². The van der Waals surface area contributed by atoms with Gasteiger partial charge in [-0.15, -0.1) is 6.58 Å². The molecule has 2 aliphatic heterocycles. The molecule has 0 aliphatic carbocycles. The maximum absolute atomic E-state index is 4.44. The smallest absolute Gasteiger partial charge is 0.0263 e. The Morgan fingerprint density at radius 3 is 2.71 bits per heavy atom. The molecule has 0 fully saturated rings. The van der Waals surface area contributed by atoms with E-state index in [1.165, 1.54) is 23.2 Å². The second kappa shape index (κ2) is 7.40. The number of hydrogen-bond donors (Lipinski definition) is 0. The van der Waals surface area contributed by atoms with Crippen LogP contribution in [-0.4, -0.2) is 36.5 Å². The van der Waals surface area contributed by atoms with Crippen molar-refractivity contribution in [2.45, 2.75) is 32.6 Å². The summed E-state index contributed by atoms with van der Waals surface area (Å²) in [4.78, 5) is 4.95. The summed E-state index contributed by atoms with van der Waals surface area (Å²) in [6.45, 7) is 13.9. The molecule has 128 valence electrons. The number of benzene rings is 1. The lowest BCUT2D eigenvalue weighted by Gasteiger charge is -2.29. The molecule has 0 N–H and O–H groups in total. The van der Waals surface area contributed by atoms with Crippen LogP contribution in [0.25, 0.3) is 0 Å². The van der Waals surface area contributed by atoms with E-state index < -0.39 is 0 Å². The van der Waals surface area contributed by atoms with Gasteiger partial charge >= 0.3 is 0 Å². The Balaban J connectivity index is 1.66. The first kappa shape index (κ1) is 17.0. The van der Waals surface area contributed by atoms with Gasteiger partial charge in [-0.3, -0.25) is 0 Å². The quantitative estimate of drug-likeness (QED) is 0.710. The first-order valence-corrected chi connectivity index (χ1v) is 9.13. The lowest BCUT2D eigenvalue weighted by Crippen LogP contribution is -2.30. The summed E-state index contributed by atoms with van der Waals surface area (Å²) in [5, 5.41) is 0.